The maximum Gasteiger partial charge on any atom is 0.257 e. The van der Waals surface area contributed by atoms with Crippen molar-refractivity contribution in [3.8, 4) is 0 Å². The van der Waals surface area contributed by atoms with Crippen LogP contribution in [0.5, 0.6) is 0 Å². The number of hydrogen-bond donors (Lipinski definition) is 3. The third-order valence-electron chi connectivity index (χ3n) is 3.40. The minimum atomic E-state index is -4.11. The van der Waals surface area contributed by atoms with Crippen LogP contribution in [0.2, 0.25) is 0 Å². The van der Waals surface area contributed by atoms with Crippen LogP contribution >= 0.6 is 0 Å². The summed E-state index contributed by atoms with van der Waals surface area (Å²) < 4.78 is 25.7. The summed E-state index contributed by atoms with van der Waals surface area (Å²) in [5.41, 5.74) is 6.03. The molecule has 0 bridgehead atoms. The highest BCUT2D eigenvalue weighted by Gasteiger charge is 2.53. The van der Waals surface area contributed by atoms with Crippen LogP contribution in [-0.2, 0) is 19.4 Å². The minimum Gasteiger partial charge on any atom is -0.370 e. The molecule has 0 aromatic heterocycles. The Balaban J connectivity index is 2.56. The van der Waals surface area contributed by atoms with Crippen molar-refractivity contribution < 1.29 is 18.0 Å². The second kappa shape index (κ2) is 5.45. The van der Waals surface area contributed by atoms with Crippen LogP contribution in [0.15, 0.2) is 29.2 Å². The third kappa shape index (κ3) is 2.64. The number of nitrogens with two attached hydrogens (primary N) is 1. The number of amides is 2. The number of hydrogen-bond acceptors (Lipinski definition) is 5. The number of carbonyl (C=O) groups is 2. The molecule has 1 heterocycles. The van der Waals surface area contributed by atoms with Crippen molar-refractivity contribution in [1.82, 2.24) is 10.6 Å². The second-order valence-corrected chi connectivity index (χ2v) is 7.14. The van der Waals surface area contributed by atoms with Crippen LogP contribution in [0.1, 0.15) is 12.0 Å². The zero-order chi connectivity index (χ0) is 15.7. The monoisotopic (exact) mass is 311 g/mol. The zero-order valence-electron chi connectivity index (χ0n) is 11.5. The molecular formula is C13H17N3O4S. The molecule has 7 nitrogen and oxygen atoms in total. The molecule has 0 aliphatic carbocycles. The summed E-state index contributed by atoms with van der Waals surface area (Å²) in [5.74, 6) is -1.62. The van der Waals surface area contributed by atoms with Gasteiger partial charge in [-0.25, -0.2) is 8.42 Å². The third-order valence-corrected chi connectivity index (χ3v) is 5.69. The normalized spacial score (nSPS) is 22.6. The Morgan fingerprint density at radius 1 is 1.29 bits per heavy atom. The Hall–Kier alpha value is -1.93. The summed E-state index contributed by atoms with van der Waals surface area (Å²) in [6, 6.07) is 6.09. The summed E-state index contributed by atoms with van der Waals surface area (Å²) in [7, 11) is -4.11. The van der Waals surface area contributed by atoms with Gasteiger partial charge in [-0.15, -0.1) is 0 Å². The number of benzene rings is 1. The van der Waals surface area contributed by atoms with Gasteiger partial charge in [0.05, 0.1) is 11.3 Å². The molecule has 1 fully saturated rings. The van der Waals surface area contributed by atoms with Gasteiger partial charge in [0.15, 0.2) is 0 Å². The van der Waals surface area contributed by atoms with Crippen LogP contribution in [0, 0.1) is 6.92 Å². The van der Waals surface area contributed by atoms with Crippen molar-refractivity contribution in [3.05, 3.63) is 29.8 Å². The van der Waals surface area contributed by atoms with Gasteiger partial charge in [-0.3, -0.25) is 14.9 Å². The van der Waals surface area contributed by atoms with E-state index in [1.165, 1.54) is 12.1 Å². The van der Waals surface area contributed by atoms with E-state index in [2.05, 4.69) is 10.6 Å². The Labute approximate surface area is 122 Å². The van der Waals surface area contributed by atoms with Gasteiger partial charge in [0.2, 0.25) is 20.6 Å². The molecule has 2 rings (SSSR count). The lowest BCUT2D eigenvalue weighted by Gasteiger charge is -2.35. The maximum atomic E-state index is 12.8. The van der Waals surface area contributed by atoms with Gasteiger partial charge in [-0.1, -0.05) is 17.7 Å². The Morgan fingerprint density at radius 2 is 1.90 bits per heavy atom. The van der Waals surface area contributed by atoms with Crippen molar-refractivity contribution in [2.75, 3.05) is 13.1 Å². The zero-order valence-corrected chi connectivity index (χ0v) is 12.4. The van der Waals surface area contributed by atoms with Crippen molar-refractivity contribution in [1.29, 1.82) is 0 Å². The van der Waals surface area contributed by atoms with E-state index in [0.717, 1.165) is 5.56 Å². The number of sulfone groups is 1. The highest BCUT2D eigenvalue weighted by Crippen LogP contribution is 2.28. The number of nitrogens with one attached hydrogen (secondary N) is 2. The minimum absolute atomic E-state index is 0.0288. The summed E-state index contributed by atoms with van der Waals surface area (Å²) in [6.45, 7) is 2.36. The fourth-order valence-electron chi connectivity index (χ4n) is 2.28. The average molecular weight is 311 g/mol. The second-order valence-electron chi connectivity index (χ2n) is 4.97. The first-order chi connectivity index (χ1) is 9.79. The molecule has 114 valence electrons. The van der Waals surface area contributed by atoms with Crippen LogP contribution in [0.4, 0.5) is 0 Å². The topological polar surface area (TPSA) is 118 Å². The van der Waals surface area contributed by atoms with Crippen LogP contribution in [0.25, 0.3) is 0 Å². The summed E-state index contributed by atoms with van der Waals surface area (Å²) in [6.07, 6.45) is -0.616. The van der Waals surface area contributed by atoms with E-state index in [1.54, 1.807) is 12.1 Å². The van der Waals surface area contributed by atoms with E-state index >= 15 is 0 Å². The van der Waals surface area contributed by atoms with Gasteiger partial charge in [0.25, 0.3) is 5.91 Å². The molecule has 0 radical (unpaired) electrons. The fraction of sp³-hybridized carbons (Fsp3) is 0.385. The van der Waals surface area contributed by atoms with Crippen LogP contribution in [-0.4, -0.2) is 38.2 Å². The molecule has 8 heteroatoms. The fourth-order valence-corrected chi connectivity index (χ4v) is 4.12. The van der Waals surface area contributed by atoms with Gasteiger partial charge in [0, 0.05) is 13.1 Å². The largest absolute Gasteiger partial charge is 0.370 e. The quantitative estimate of drug-likeness (QED) is 0.663. The van der Waals surface area contributed by atoms with Gasteiger partial charge in [0.1, 0.15) is 0 Å². The number of aryl methyl sites for hydroxylation is 1. The van der Waals surface area contributed by atoms with E-state index in [1.807, 2.05) is 6.92 Å². The molecule has 1 saturated heterocycles. The Morgan fingerprint density at radius 3 is 2.43 bits per heavy atom. The number of carbonyl (C=O) groups excluding carboxylic acids is 2. The van der Waals surface area contributed by atoms with Gasteiger partial charge in [-0.05, 0) is 19.1 Å². The first-order valence-corrected chi connectivity index (χ1v) is 7.91. The molecule has 1 atom stereocenters. The summed E-state index contributed by atoms with van der Waals surface area (Å²) in [5, 5.41) is 5.14. The SMILES string of the molecule is Cc1ccc(S(=O)(=O)[C@@]2(CC(N)=O)NCCNC2=O)cc1. The number of rotatable bonds is 4. The highest BCUT2D eigenvalue weighted by atomic mass is 32.2. The maximum absolute atomic E-state index is 12.8. The predicted molar refractivity (Wildman–Crippen MR) is 75.9 cm³/mol. The lowest BCUT2D eigenvalue weighted by Crippen LogP contribution is -2.68. The Bertz CT molecular complexity index is 669. The van der Waals surface area contributed by atoms with Gasteiger partial charge in [-0.2, -0.15) is 0 Å². The lowest BCUT2D eigenvalue weighted by atomic mass is 10.1. The van der Waals surface area contributed by atoms with E-state index < -0.39 is 32.9 Å². The van der Waals surface area contributed by atoms with Crippen LogP contribution < -0.4 is 16.4 Å². The summed E-state index contributed by atoms with van der Waals surface area (Å²) >= 11 is 0. The molecule has 4 N–H and O–H groups in total. The average Bonchev–Trinajstić information content (AvgIpc) is 2.41. The van der Waals surface area contributed by atoms with Crippen molar-refractivity contribution in [3.63, 3.8) is 0 Å². The standard InChI is InChI=1S/C13H17N3O4S/c1-9-2-4-10(5-3-9)21(19,20)13(8-11(14)17)12(18)15-6-7-16-13/h2-5,16H,6-8H2,1H3,(H2,14,17)(H,15,18)/t13-/m1/s1. The number of primary amides is 1. The van der Waals surface area contributed by atoms with E-state index in [-0.39, 0.29) is 11.4 Å². The van der Waals surface area contributed by atoms with Gasteiger partial charge >= 0.3 is 0 Å². The first kappa shape index (κ1) is 15.5. The predicted octanol–water partition coefficient (Wildman–Crippen LogP) is -0.940. The van der Waals surface area contributed by atoms with Crippen molar-refractivity contribution in [2.45, 2.75) is 23.1 Å². The van der Waals surface area contributed by atoms with E-state index in [0.29, 0.717) is 6.54 Å². The smallest absolute Gasteiger partial charge is 0.257 e. The molecule has 1 aliphatic rings. The molecule has 0 spiro atoms. The molecule has 1 aromatic rings. The van der Waals surface area contributed by atoms with E-state index in [4.69, 9.17) is 5.73 Å². The molecule has 0 unspecified atom stereocenters. The highest BCUT2D eigenvalue weighted by molar-refractivity contribution is 7.93. The first-order valence-electron chi connectivity index (χ1n) is 6.42. The molecule has 0 saturated carbocycles. The molecule has 1 aliphatic heterocycles. The lowest BCUT2D eigenvalue weighted by molar-refractivity contribution is -0.129. The Kier molecular flexibility index (Phi) is 4.02. The van der Waals surface area contributed by atoms with E-state index in [9.17, 15) is 18.0 Å². The molecule has 1 aromatic carbocycles. The summed E-state index contributed by atoms with van der Waals surface area (Å²) in [4.78, 5) is 21.4. The van der Waals surface area contributed by atoms with Gasteiger partial charge < -0.3 is 11.1 Å². The number of piperazine rings is 1. The van der Waals surface area contributed by atoms with Crippen molar-refractivity contribution in [2.24, 2.45) is 5.73 Å². The van der Waals surface area contributed by atoms with Crippen molar-refractivity contribution >= 4 is 21.7 Å². The molecule has 21 heavy (non-hydrogen) atoms. The molecule has 2 amide bonds. The van der Waals surface area contributed by atoms with Crippen LogP contribution in [0.3, 0.4) is 0 Å². The molecular weight excluding hydrogens is 294 g/mol.